The molecule has 2 unspecified atom stereocenters. The van der Waals surface area contributed by atoms with Crippen LogP contribution in [-0.2, 0) is 9.63 Å². The van der Waals surface area contributed by atoms with Crippen LogP contribution in [0.5, 0.6) is 0 Å². The molecule has 2 atom stereocenters. The molecule has 7 nitrogen and oxygen atoms in total. The molecule has 0 N–H and O–H groups in total. The summed E-state index contributed by atoms with van der Waals surface area (Å²) in [7, 11) is 1.44. The molecular weight excluding hydrogens is 452 g/mol. The van der Waals surface area contributed by atoms with Crippen molar-refractivity contribution in [1.29, 1.82) is 0 Å². The van der Waals surface area contributed by atoms with Gasteiger partial charge in [-0.15, -0.1) is 0 Å². The molecule has 35 heavy (non-hydrogen) atoms. The first-order chi connectivity index (χ1) is 16.8. The van der Waals surface area contributed by atoms with E-state index >= 15 is 0 Å². The Morgan fingerprint density at radius 1 is 0.857 bits per heavy atom. The van der Waals surface area contributed by atoms with Crippen molar-refractivity contribution in [1.82, 2.24) is 5.06 Å². The standard InChI is InChI=1S/C26H27F2N5O2/c1-17-15-29-24(32(17)21-8-4-19(27)5-9-21)26(12-13-31(35-3)23(34)14-26)25-30-16-18(2)33(25)22-10-6-20(28)7-11-22/h4-13,17-18H,14-16H2,1-3H3. The molecule has 0 radical (unpaired) electrons. The van der Waals surface area contributed by atoms with E-state index in [1.165, 1.54) is 36.4 Å². The highest BCUT2D eigenvalue weighted by Gasteiger charge is 2.53. The van der Waals surface area contributed by atoms with E-state index in [2.05, 4.69) is 0 Å². The Hall–Kier alpha value is -3.59. The van der Waals surface area contributed by atoms with Crippen molar-refractivity contribution in [2.45, 2.75) is 32.4 Å². The Labute approximate surface area is 203 Å². The van der Waals surface area contributed by atoms with E-state index in [1.54, 1.807) is 30.5 Å². The lowest BCUT2D eigenvalue weighted by Crippen LogP contribution is -2.56. The Kier molecular flexibility index (Phi) is 5.88. The number of aliphatic imine (C=N–C) groups is 2. The Morgan fingerprint density at radius 2 is 1.31 bits per heavy atom. The van der Waals surface area contributed by atoms with E-state index in [1.807, 2.05) is 29.7 Å². The quantitative estimate of drug-likeness (QED) is 0.646. The molecule has 0 aliphatic carbocycles. The van der Waals surface area contributed by atoms with Crippen molar-refractivity contribution in [3.05, 3.63) is 72.4 Å². The summed E-state index contributed by atoms with van der Waals surface area (Å²) in [5.41, 5.74) is 0.568. The highest BCUT2D eigenvalue weighted by Crippen LogP contribution is 2.42. The summed E-state index contributed by atoms with van der Waals surface area (Å²) in [5, 5.41) is 1.20. The van der Waals surface area contributed by atoms with Gasteiger partial charge in [0, 0.05) is 17.6 Å². The Balaban J connectivity index is 1.66. The van der Waals surface area contributed by atoms with Gasteiger partial charge in [0.05, 0.1) is 38.7 Å². The van der Waals surface area contributed by atoms with Gasteiger partial charge in [-0.2, -0.15) is 5.06 Å². The van der Waals surface area contributed by atoms with Gasteiger partial charge in [0.1, 0.15) is 28.7 Å². The molecular formula is C26H27F2N5O2. The zero-order valence-electron chi connectivity index (χ0n) is 19.9. The normalized spacial score (nSPS) is 26.4. The van der Waals surface area contributed by atoms with Gasteiger partial charge in [0.25, 0.3) is 5.91 Å². The van der Waals surface area contributed by atoms with Crippen LogP contribution in [0.4, 0.5) is 20.2 Å². The molecule has 1 amide bonds. The second kappa shape index (κ2) is 8.88. The van der Waals surface area contributed by atoms with Crippen LogP contribution in [0.2, 0.25) is 0 Å². The fourth-order valence-corrected chi connectivity index (χ4v) is 5.06. The van der Waals surface area contributed by atoms with Crippen molar-refractivity contribution in [2.24, 2.45) is 15.4 Å². The summed E-state index contributed by atoms with van der Waals surface area (Å²) in [6.45, 7) is 5.12. The number of rotatable bonds is 5. The van der Waals surface area contributed by atoms with Crippen LogP contribution in [-0.4, -0.2) is 54.9 Å². The van der Waals surface area contributed by atoms with Crippen LogP contribution in [0, 0.1) is 17.0 Å². The number of carbonyl (C=O) groups is 1. The highest BCUT2D eigenvalue weighted by molar-refractivity contribution is 6.25. The molecule has 3 aliphatic rings. The summed E-state index contributed by atoms with van der Waals surface area (Å²) in [4.78, 5) is 32.3. The summed E-state index contributed by atoms with van der Waals surface area (Å²) in [6, 6.07) is 12.5. The van der Waals surface area contributed by atoms with E-state index in [-0.39, 0.29) is 36.0 Å². The van der Waals surface area contributed by atoms with Gasteiger partial charge < -0.3 is 9.80 Å². The minimum Gasteiger partial charge on any atom is -0.324 e. The topological polar surface area (TPSA) is 60.7 Å². The van der Waals surface area contributed by atoms with Crippen LogP contribution >= 0.6 is 0 Å². The van der Waals surface area contributed by atoms with E-state index < -0.39 is 5.41 Å². The second-order valence-electron chi connectivity index (χ2n) is 9.09. The van der Waals surface area contributed by atoms with Gasteiger partial charge in [0.2, 0.25) is 0 Å². The predicted octanol–water partition coefficient (Wildman–Crippen LogP) is 4.17. The van der Waals surface area contributed by atoms with E-state index in [4.69, 9.17) is 14.8 Å². The SMILES string of the molecule is CON1C=CC(C2=NCC(C)N2c2ccc(F)cc2)(C2=NCC(C)N2c2ccc(F)cc2)CC1=O. The van der Waals surface area contributed by atoms with Gasteiger partial charge in [-0.25, -0.2) is 8.78 Å². The van der Waals surface area contributed by atoms with Gasteiger partial charge in [-0.3, -0.25) is 19.6 Å². The maximum absolute atomic E-state index is 13.7. The highest BCUT2D eigenvalue weighted by atomic mass is 19.1. The van der Waals surface area contributed by atoms with Gasteiger partial charge >= 0.3 is 0 Å². The smallest absolute Gasteiger partial charge is 0.252 e. The number of hydrogen-bond acceptors (Lipinski definition) is 6. The molecule has 0 saturated heterocycles. The first kappa shape index (κ1) is 23.2. The summed E-state index contributed by atoms with van der Waals surface area (Å²) in [5.74, 6) is 0.439. The maximum Gasteiger partial charge on any atom is 0.252 e. The predicted molar refractivity (Wildman–Crippen MR) is 131 cm³/mol. The lowest BCUT2D eigenvalue weighted by atomic mass is 9.77. The zero-order chi connectivity index (χ0) is 24.7. The van der Waals surface area contributed by atoms with Gasteiger partial charge in [-0.05, 0) is 68.5 Å². The van der Waals surface area contributed by atoms with Crippen molar-refractivity contribution in [3.63, 3.8) is 0 Å². The fourth-order valence-electron chi connectivity index (χ4n) is 5.06. The zero-order valence-corrected chi connectivity index (χ0v) is 19.9. The van der Waals surface area contributed by atoms with Gasteiger partial charge in [0.15, 0.2) is 0 Å². The number of hydroxylamine groups is 2. The number of amides is 1. The largest absolute Gasteiger partial charge is 0.324 e. The fraction of sp³-hybridized carbons (Fsp3) is 0.346. The minimum atomic E-state index is -0.996. The summed E-state index contributed by atoms with van der Waals surface area (Å²) >= 11 is 0. The molecule has 182 valence electrons. The first-order valence-corrected chi connectivity index (χ1v) is 11.6. The van der Waals surface area contributed by atoms with Crippen LogP contribution in [0.3, 0.4) is 0 Å². The van der Waals surface area contributed by atoms with Crippen LogP contribution in [0.25, 0.3) is 0 Å². The van der Waals surface area contributed by atoms with Gasteiger partial charge in [-0.1, -0.05) is 0 Å². The summed E-state index contributed by atoms with van der Waals surface area (Å²) in [6.07, 6.45) is 3.55. The Morgan fingerprint density at radius 3 is 1.71 bits per heavy atom. The molecule has 3 aliphatic heterocycles. The molecule has 0 fully saturated rings. The average Bonchev–Trinajstić information content (AvgIpc) is 3.43. The molecule has 9 heteroatoms. The van der Waals surface area contributed by atoms with Crippen LogP contribution < -0.4 is 9.80 Å². The molecule has 0 aromatic heterocycles. The molecule has 0 saturated carbocycles. The minimum absolute atomic E-state index is 0.00464. The van der Waals surface area contributed by atoms with Crippen LogP contribution in [0.15, 0.2) is 70.8 Å². The van der Waals surface area contributed by atoms with E-state index in [0.29, 0.717) is 24.8 Å². The third-order valence-corrected chi connectivity index (χ3v) is 6.72. The number of anilines is 2. The Bertz CT molecular complexity index is 1130. The second-order valence-corrected chi connectivity index (χ2v) is 9.09. The van der Waals surface area contributed by atoms with Crippen molar-refractivity contribution in [3.8, 4) is 0 Å². The summed E-state index contributed by atoms with van der Waals surface area (Å²) < 4.78 is 27.4. The van der Waals surface area contributed by atoms with E-state index in [0.717, 1.165) is 11.4 Å². The van der Waals surface area contributed by atoms with Crippen molar-refractivity contribution < 1.29 is 18.4 Å². The van der Waals surface area contributed by atoms with Crippen molar-refractivity contribution >= 4 is 29.0 Å². The third kappa shape index (κ3) is 3.89. The lowest BCUT2D eigenvalue weighted by molar-refractivity contribution is -0.164. The van der Waals surface area contributed by atoms with Crippen LogP contribution in [0.1, 0.15) is 20.3 Å². The average molecular weight is 480 g/mol. The number of hydrogen-bond donors (Lipinski definition) is 0. The third-order valence-electron chi connectivity index (χ3n) is 6.72. The van der Waals surface area contributed by atoms with E-state index in [9.17, 15) is 13.6 Å². The molecule has 3 heterocycles. The number of halogens is 2. The molecule has 0 bridgehead atoms. The number of amidine groups is 2. The lowest BCUT2D eigenvalue weighted by Gasteiger charge is -2.43. The molecule has 0 spiro atoms. The molecule has 5 rings (SSSR count). The first-order valence-electron chi connectivity index (χ1n) is 11.6. The number of nitrogens with zero attached hydrogens (tertiary/aromatic N) is 5. The maximum atomic E-state index is 13.7. The molecule has 2 aromatic carbocycles. The molecule has 2 aromatic rings. The van der Waals surface area contributed by atoms with Crippen molar-refractivity contribution in [2.75, 3.05) is 30.0 Å². The number of carbonyl (C=O) groups excluding carboxylic acids is 1. The monoisotopic (exact) mass is 479 g/mol. The number of benzene rings is 2.